The molecule has 0 radical (unpaired) electrons. The highest BCUT2D eigenvalue weighted by Gasteiger charge is 2.23. The molecule has 25 heavy (non-hydrogen) atoms. The standard InChI is InChI=1S/C18H26N4O3/c1-3-22-17-14(11-21-22)16(15(10-20-17)18(24)25-4-2)19-9-12-6-5-7-13(23)8-12/h10-13,23H,3-9H2,1-2H3,(H,19,20)/t12?,13-/m0/s1. The molecule has 1 aliphatic rings. The highest BCUT2D eigenvalue weighted by Crippen LogP contribution is 2.29. The average molecular weight is 346 g/mol. The van der Waals surface area contributed by atoms with Gasteiger partial charge in [0.15, 0.2) is 5.65 Å². The first-order valence-electron chi connectivity index (χ1n) is 9.07. The van der Waals surface area contributed by atoms with Crippen molar-refractivity contribution in [1.82, 2.24) is 14.8 Å². The molecule has 3 rings (SSSR count). The molecule has 1 unspecified atom stereocenters. The van der Waals surface area contributed by atoms with Crippen LogP contribution in [0.1, 0.15) is 49.9 Å². The van der Waals surface area contributed by atoms with Crippen LogP contribution < -0.4 is 5.32 Å². The minimum absolute atomic E-state index is 0.217. The van der Waals surface area contributed by atoms with Gasteiger partial charge < -0.3 is 15.2 Å². The van der Waals surface area contributed by atoms with Gasteiger partial charge in [0.1, 0.15) is 5.56 Å². The van der Waals surface area contributed by atoms with Gasteiger partial charge in [0.25, 0.3) is 0 Å². The maximum absolute atomic E-state index is 12.3. The Labute approximate surface area is 147 Å². The molecule has 1 saturated carbocycles. The molecular weight excluding hydrogens is 320 g/mol. The predicted octanol–water partition coefficient (Wildman–Crippen LogP) is 2.59. The molecular formula is C18H26N4O3. The monoisotopic (exact) mass is 346 g/mol. The minimum atomic E-state index is -0.382. The summed E-state index contributed by atoms with van der Waals surface area (Å²) in [6.07, 6.45) is 6.89. The summed E-state index contributed by atoms with van der Waals surface area (Å²) in [7, 11) is 0. The van der Waals surface area contributed by atoms with Crippen molar-refractivity contribution in [2.45, 2.75) is 52.2 Å². The summed E-state index contributed by atoms with van der Waals surface area (Å²) in [5.41, 5.74) is 1.91. The first kappa shape index (κ1) is 17.7. The largest absolute Gasteiger partial charge is 0.462 e. The number of pyridine rings is 1. The number of aryl methyl sites for hydroxylation is 1. The molecule has 136 valence electrons. The highest BCUT2D eigenvalue weighted by atomic mass is 16.5. The molecule has 2 heterocycles. The molecule has 2 atom stereocenters. The third-order valence-corrected chi connectivity index (χ3v) is 4.78. The van der Waals surface area contributed by atoms with Gasteiger partial charge in [-0.05, 0) is 39.0 Å². The number of hydrogen-bond acceptors (Lipinski definition) is 6. The fourth-order valence-electron chi connectivity index (χ4n) is 3.51. The number of nitrogens with zero attached hydrogens (tertiary/aromatic N) is 3. The van der Waals surface area contributed by atoms with Crippen LogP contribution in [0.3, 0.4) is 0 Å². The van der Waals surface area contributed by atoms with E-state index in [1.54, 1.807) is 24.0 Å². The van der Waals surface area contributed by atoms with Crippen molar-refractivity contribution in [2.75, 3.05) is 18.5 Å². The number of hydrogen-bond donors (Lipinski definition) is 2. The quantitative estimate of drug-likeness (QED) is 0.782. The first-order valence-corrected chi connectivity index (χ1v) is 9.07. The van der Waals surface area contributed by atoms with E-state index in [1.807, 2.05) is 6.92 Å². The van der Waals surface area contributed by atoms with E-state index in [9.17, 15) is 9.90 Å². The van der Waals surface area contributed by atoms with E-state index in [4.69, 9.17) is 4.74 Å². The van der Waals surface area contributed by atoms with Gasteiger partial charge in [-0.3, -0.25) is 0 Å². The topological polar surface area (TPSA) is 89.3 Å². The molecule has 1 aliphatic carbocycles. The van der Waals surface area contributed by atoms with E-state index in [-0.39, 0.29) is 12.1 Å². The number of aliphatic hydroxyl groups excluding tert-OH is 1. The van der Waals surface area contributed by atoms with E-state index in [1.165, 1.54) is 0 Å². The zero-order valence-electron chi connectivity index (χ0n) is 14.9. The Hall–Kier alpha value is -2.15. The lowest BCUT2D eigenvalue weighted by molar-refractivity contribution is 0.0527. The van der Waals surface area contributed by atoms with Crippen molar-refractivity contribution >= 4 is 22.7 Å². The number of fused-ring (bicyclic) bond motifs is 1. The Bertz CT molecular complexity index is 743. The summed E-state index contributed by atoms with van der Waals surface area (Å²) in [5, 5.41) is 18.5. The molecule has 0 aliphatic heterocycles. The molecule has 0 saturated heterocycles. The van der Waals surface area contributed by atoms with Gasteiger partial charge in [-0.25, -0.2) is 14.5 Å². The van der Waals surface area contributed by atoms with Gasteiger partial charge in [-0.1, -0.05) is 6.42 Å². The van der Waals surface area contributed by atoms with E-state index >= 15 is 0 Å². The van der Waals surface area contributed by atoms with Gasteiger partial charge in [-0.2, -0.15) is 5.10 Å². The SMILES string of the molecule is CCOC(=O)c1cnc2c(cnn2CC)c1NCC1CCC[C@H](O)C1. The third kappa shape index (κ3) is 3.76. The number of ether oxygens (including phenoxy) is 1. The number of carbonyl (C=O) groups excluding carboxylic acids is 1. The summed E-state index contributed by atoms with van der Waals surface area (Å²) < 4.78 is 6.98. The number of anilines is 1. The van der Waals surface area contributed by atoms with Crippen LogP contribution in [0.5, 0.6) is 0 Å². The Morgan fingerprint density at radius 1 is 1.40 bits per heavy atom. The summed E-state index contributed by atoms with van der Waals surface area (Å²) >= 11 is 0. The molecule has 2 aromatic rings. The van der Waals surface area contributed by atoms with Crippen LogP contribution in [-0.2, 0) is 11.3 Å². The Morgan fingerprint density at radius 2 is 2.24 bits per heavy atom. The van der Waals surface area contributed by atoms with Crippen molar-refractivity contribution in [3.63, 3.8) is 0 Å². The zero-order chi connectivity index (χ0) is 17.8. The summed E-state index contributed by atoms with van der Waals surface area (Å²) in [5.74, 6) is 0.00978. The van der Waals surface area contributed by atoms with Crippen molar-refractivity contribution in [3.05, 3.63) is 18.0 Å². The Balaban J connectivity index is 1.90. The number of aromatic nitrogens is 3. The van der Waals surface area contributed by atoms with Crippen LogP contribution in [0.15, 0.2) is 12.4 Å². The number of aliphatic hydroxyl groups is 1. The van der Waals surface area contributed by atoms with Gasteiger partial charge in [0.2, 0.25) is 0 Å². The van der Waals surface area contributed by atoms with Crippen molar-refractivity contribution < 1.29 is 14.6 Å². The van der Waals surface area contributed by atoms with E-state index in [0.717, 1.165) is 42.4 Å². The summed E-state index contributed by atoms with van der Waals surface area (Å²) in [6.45, 7) is 5.53. The number of nitrogens with one attached hydrogen (secondary N) is 1. The van der Waals surface area contributed by atoms with Crippen LogP contribution in [0.2, 0.25) is 0 Å². The predicted molar refractivity (Wildman–Crippen MR) is 95.6 cm³/mol. The molecule has 0 spiro atoms. The second kappa shape index (κ2) is 7.82. The highest BCUT2D eigenvalue weighted by molar-refractivity contribution is 6.04. The molecule has 7 heteroatoms. The second-order valence-electron chi connectivity index (χ2n) is 6.53. The van der Waals surface area contributed by atoms with E-state index < -0.39 is 0 Å². The second-order valence-corrected chi connectivity index (χ2v) is 6.53. The maximum Gasteiger partial charge on any atom is 0.341 e. The lowest BCUT2D eigenvalue weighted by atomic mass is 9.87. The smallest absolute Gasteiger partial charge is 0.341 e. The number of rotatable bonds is 6. The molecule has 2 N–H and O–H groups in total. The van der Waals surface area contributed by atoms with Gasteiger partial charge in [0, 0.05) is 19.3 Å². The molecule has 2 aromatic heterocycles. The van der Waals surface area contributed by atoms with E-state index in [2.05, 4.69) is 15.4 Å². The lowest BCUT2D eigenvalue weighted by Crippen LogP contribution is -2.25. The Morgan fingerprint density at radius 3 is 2.96 bits per heavy atom. The molecule has 0 bridgehead atoms. The fraction of sp³-hybridized carbons (Fsp3) is 0.611. The van der Waals surface area contributed by atoms with Crippen molar-refractivity contribution in [2.24, 2.45) is 5.92 Å². The van der Waals surface area contributed by atoms with Crippen molar-refractivity contribution in [1.29, 1.82) is 0 Å². The molecule has 7 nitrogen and oxygen atoms in total. The minimum Gasteiger partial charge on any atom is -0.462 e. The lowest BCUT2D eigenvalue weighted by Gasteiger charge is -2.26. The fourth-order valence-corrected chi connectivity index (χ4v) is 3.51. The number of carbonyl (C=O) groups is 1. The molecule has 1 fully saturated rings. The van der Waals surface area contributed by atoms with Crippen LogP contribution >= 0.6 is 0 Å². The Kier molecular flexibility index (Phi) is 5.53. The van der Waals surface area contributed by atoms with Gasteiger partial charge in [-0.15, -0.1) is 0 Å². The zero-order valence-corrected chi connectivity index (χ0v) is 14.9. The molecule has 0 aromatic carbocycles. The third-order valence-electron chi connectivity index (χ3n) is 4.78. The number of esters is 1. The van der Waals surface area contributed by atoms with Crippen LogP contribution in [0.25, 0.3) is 11.0 Å². The normalized spacial score (nSPS) is 20.6. The van der Waals surface area contributed by atoms with E-state index in [0.29, 0.717) is 31.2 Å². The van der Waals surface area contributed by atoms with Crippen LogP contribution in [-0.4, -0.2) is 45.1 Å². The summed E-state index contributed by atoms with van der Waals surface area (Å²) in [4.78, 5) is 16.7. The van der Waals surface area contributed by atoms with Gasteiger partial charge >= 0.3 is 5.97 Å². The summed E-state index contributed by atoms with van der Waals surface area (Å²) in [6, 6.07) is 0. The van der Waals surface area contributed by atoms with Crippen LogP contribution in [0, 0.1) is 5.92 Å². The van der Waals surface area contributed by atoms with Crippen molar-refractivity contribution in [3.8, 4) is 0 Å². The maximum atomic E-state index is 12.3. The van der Waals surface area contributed by atoms with Crippen LogP contribution in [0.4, 0.5) is 5.69 Å². The first-order chi connectivity index (χ1) is 12.1. The van der Waals surface area contributed by atoms with Gasteiger partial charge in [0.05, 0.1) is 30.0 Å². The molecule has 0 amide bonds. The average Bonchev–Trinajstić information content (AvgIpc) is 3.03.